The predicted octanol–water partition coefficient (Wildman–Crippen LogP) is 9.67. The molecule has 0 bridgehead atoms. The number of oxime groups is 2. The maximum atomic E-state index is 9.86. The van der Waals surface area contributed by atoms with Crippen LogP contribution in [0, 0.1) is 0 Å². The molecule has 2 rings (SSSR count). The Labute approximate surface area is 259 Å². The second-order valence-corrected chi connectivity index (χ2v) is 12.2. The van der Waals surface area contributed by atoms with E-state index in [2.05, 4.69) is 51.9 Å². The summed E-state index contributed by atoms with van der Waals surface area (Å²) < 4.78 is 0. The first-order valence-electron chi connectivity index (χ1n) is 14.9. The molecule has 0 saturated carbocycles. The Balaban J connectivity index is 0.000000762. The second kappa shape index (κ2) is 18.8. The summed E-state index contributed by atoms with van der Waals surface area (Å²) in [5.41, 5.74) is 4.54. The van der Waals surface area contributed by atoms with E-state index in [-0.39, 0.29) is 39.1 Å². The second-order valence-electron chi connectivity index (χ2n) is 12.2. The fourth-order valence-corrected chi connectivity index (χ4v) is 4.88. The number of hydrogen-bond donors (Lipinski definition) is 4. The van der Waals surface area contributed by atoms with Gasteiger partial charge in [-0.25, -0.2) is 0 Å². The molecule has 0 aliphatic heterocycles. The molecule has 0 amide bonds. The van der Waals surface area contributed by atoms with Crippen LogP contribution < -0.4 is 0 Å². The average Bonchev–Trinajstić information content (AvgIpc) is 2.93. The first-order valence-corrected chi connectivity index (χ1v) is 14.9. The largest absolute Gasteiger partial charge is 0.507 e. The summed E-state index contributed by atoms with van der Waals surface area (Å²) in [6.45, 7) is 16.7. The minimum absolute atomic E-state index is 0. The molecule has 0 fully saturated rings. The normalized spacial score (nSPS) is 12.4. The van der Waals surface area contributed by atoms with Gasteiger partial charge in [-0.2, -0.15) is 0 Å². The predicted molar refractivity (Wildman–Crippen MR) is 168 cm³/mol. The van der Waals surface area contributed by atoms with Gasteiger partial charge in [-0.3, -0.25) is 0 Å². The number of phenolic OH excluding ortho intramolecular Hbond substituents is 2. The fourth-order valence-electron chi connectivity index (χ4n) is 4.88. The molecule has 233 valence electrons. The van der Waals surface area contributed by atoms with Crippen LogP contribution in [-0.2, 0) is 27.6 Å². The molecule has 2 aromatic carbocycles. The molecule has 7 heteroatoms. The number of nitrogens with zero attached hydrogens (tertiary/aromatic N) is 2. The summed E-state index contributed by atoms with van der Waals surface area (Å²) in [6, 6.07) is 11.2. The third kappa shape index (κ3) is 12.5. The van der Waals surface area contributed by atoms with Crippen LogP contribution in [0.1, 0.15) is 142 Å². The van der Waals surface area contributed by atoms with Crippen LogP contribution in [-0.4, -0.2) is 32.1 Å². The van der Waals surface area contributed by atoms with Crippen molar-refractivity contribution in [3.63, 3.8) is 0 Å². The van der Waals surface area contributed by atoms with Crippen LogP contribution >= 0.6 is 0 Å². The zero-order chi connectivity index (χ0) is 30.3. The summed E-state index contributed by atoms with van der Waals surface area (Å²) in [6.07, 6.45) is 12.3. The minimum Gasteiger partial charge on any atom is -0.507 e. The maximum Gasteiger partial charge on any atom is 0.124 e. The van der Waals surface area contributed by atoms with Gasteiger partial charge in [-0.05, 0) is 72.9 Å². The van der Waals surface area contributed by atoms with Crippen LogP contribution in [0.5, 0.6) is 11.5 Å². The van der Waals surface area contributed by atoms with Crippen molar-refractivity contribution in [3.05, 3.63) is 58.7 Å². The monoisotopic (exact) mass is 613 g/mol. The number of hydrogen-bond acceptors (Lipinski definition) is 6. The van der Waals surface area contributed by atoms with E-state index in [4.69, 9.17) is 10.4 Å². The van der Waals surface area contributed by atoms with Crippen molar-refractivity contribution in [2.45, 2.75) is 130 Å². The van der Waals surface area contributed by atoms with Gasteiger partial charge in [-0.15, -0.1) is 0 Å². The van der Waals surface area contributed by atoms with Gasteiger partial charge in [0.2, 0.25) is 0 Å². The number of benzene rings is 2. The molecule has 0 aliphatic rings. The first-order chi connectivity index (χ1) is 18.8. The van der Waals surface area contributed by atoms with Crippen molar-refractivity contribution < 1.29 is 37.4 Å². The molecule has 0 heterocycles. The summed E-state index contributed by atoms with van der Waals surface area (Å²) in [4.78, 5) is 0. The Morgan fingerprint density at radius 3 is 1.24 bits per heavy atom. The van der Waals surface area contributed by atoms with Gasteiger partial charge in [0.1, 0.15) is 11.5 Å². The van der Waals surface area contributed by atoms with Gasteiger partial charge in [-0.1, -0.05) is 115 Å². The molecule has 41 heavy (non-hydrogen) atoms. The quantitative estimate of drug-likeness (QED) is 0.0737. The Morgan fingerprint density at radius 2 is 0.951 bits per heavy atom. The van der Waals surface area contributed by atoms with Crippen molar-refractivity contribution >= 4 is 11.4 Å². The molecule has 0 aliphatic carbocycles. The van der Waals surface area contributed by atoms with E-state index in [0.29, 0.717) is 22.6 Å². The molecular formula is C34H54CoN2O4. The fraction of sp³-hybridized carbons (Fsp3) is 0.588. The first kappa shape index (κ1) is 38.5. The van der Waals surface area contributed by atoms with Gasteiger partial charge in [0.05, 0.1) is 11.4 Å². The Kier molecular flexibility index (Phi) is 17.7. The third-order valence-corrected chi connectivity index (χ3v) is 7.95. The van der Waals surface area contributed by atoms with Crippen LogP contribution in [0.2, 0.25) is 0 Å². The minimum atomic E-state index is 0. The third-order valence-electron chi connectivity index (χ3n) is 7.95. The molecule has 2 aromatic rings. The van der Waals surface area contributed by atoms with E-state index < -0.39 is 0 Å². The smallest absolute Gasteiger partial charge is 0.124 e. The SMILES string of the molecule is CCCCCCC(C)(C)c1ccc(O)c(/C(C)=N\O)c1.CCCCCCC(C)(C)c1ccc(O)c(/C(C)=N\O)c1.[Co]. The molecule has 0 spiro atoms. The van der Waals surface area contributed by atoms with Gasteiger partial charge in [0, 0.05) is 27.9 Å². The number of rotatable bonds is 14. The number of unbranched alkanes of at least 4 members (excludes halogenated alkanes) is 6. The van der Waals surface area contributed by atoms with Gasteiger partial charge in [0.15, 0.2) is 0 Å². The molecule has 0 unspecified atom stereocenters. The van der Waals surface area contributed by atoms with Crippen molar-refractivity contribution in [2.24, 2.45) is 10.3 Å². The van der Waals surface area contributed by atoms with E-state index in [9.17, 15) is 10.2 Å². The maximum absolute atomic E-state index is 9.86. The average molecular weight is 614 g/mol. The van der Waals surface area contributed by atoms with Crippen LogP contribution in [0.15, 0.2) is 46.7 Å². The molecular weight excluding hydrogens is 559 g/mol. The Hall–Kier alpha value is -2.51. The number of phenols is 2. The van der Waals surface area contributed by atoms with Crippen LogP contribution in [0.3, 0.4) is 0 Å². The topological polar surface area (TPSA) is 106 Å². The number of aromatic hydroxyl groups is 2. The van der Waals surface area contributed by atoms with Crippen molar-refractivity contribution in [1.82, 2.24) is 0 Å². The Morgan fingerprint density at radius 1 is 0.610 bits per heavy atom. The zero-order valence-electron chi connectivity index (χ0n) is 26.6. The molecule has 6 nitrogen and oxygen atoms in total. The van der Waals surface area contributed by atoms with E-state index in [1.54, 1.807) is 26.0 Å². The summed E-state index contributed by atoms with van der Waals surface area (Å²) in [7, 11) is 0. The van der Waals surface area contributed by atoms with E-state index >= 15 is 0 Å². The van der Waals surface area contributed by atoms with Crippen molar-refractivity contribution in [1.29, 1.82) is 0 Å². The standard InChI is InChI=1S/2C17H27NO2.Co/c2*1-5-6-7-8-11-17(3,4)14-9-10-16(19)15(12-14)13(2)18-20;/h2*9-10,12,19-20H,5-8,11H2,1-4H3;/b2*18-13-;. The molecule has 0 aromatic heterocycles. The molecule has 0 saturated heterocycles. The van der Waals surface area contributed by atoms with E-state index in [1.807, 2.05) is 24.3 Å². The molecule has 0 atom stereocenters. The zero-order valence-corrected chi connectivity index (χ0v) is 27.6. The van der Waals surface area contributed by atoms with Crippen molar-refractivity contribution in [3.8, 4) is 11.5 Å². The van der Waals surface area contributed by atoms with Crippen LogP contribution in [0.25, 0.3) is 0 Å². The summed E-state index contributed by atoms with van der Waals surface area (Å²) in [5, 5.41) is 43.9. The van der Waals surface area contributed by atoms with Gasteiger partial charge in [0.25, 0.3) is 0 Å². The van der Waals surface area contributed by atoms with E-state index in [1.165, 1.54) is 62.5 Å². The molecule has 4 N–H and O–H groups in total. The summed E-state index contributed by atoms with van der Waals surface area (Å²) >= 11 is 0. The van der Waals surface area contributed by atoms with Gasteiger partial charge >= 0.3 is 0 Å². The van der Waals surface area contributed by atoms with E-state index in [0.717, 1.165) is 12.8 Å². The van der Waals surface area contributed by atoms with Gasteiger partial charge < -0.3 is 20.6 Å². The molecule has 1 radical (unpaired) electrons. The Bertz CT molecular complexity index is 1020. The summed E-state index contributed by atoms with van der Waals surface area (Å²) in [5.74, 6) is 0.316. The van der Waals surface area contributed by atoms with Crippen LogP contribution in [0.4, 0.5) is 0 Å². The van der Waals surface area contributed by atoms with Crippen molar-refractivity contribution in [2.75, 3.05) is 0 Å².